The van der Waals surface area contributed by atoms with Crippen molar-refractivity contribution < 1.29 is 12.8 Å². The minimum Gasteiger partial charge on any atom is -0.329 e. The lowest BCUT2D eigenvalue weighted by atomic mass is 10.2. The number of sulfonamides is 1. The lowest BCUT2D eigenvalue weighted by molar-refractivity contribution is 0.511. The van der Waals surface area contributed by atoms with Crippen molar-refractivity contribution in [1.29, 1.82) is 0 Å². The Morgan fingerprint density at radius 2 is 2.11 bits per heavy atom. The van der Waals surface area contributed by atoms with Gasteiger partial charge in [0.15, 0.2) is 0 Å². The van der Waals surface area contributed by atoms with E-state index in [1.165, 1.54) is 12.1 Å². The van der Waals surface area contributed by atoms with Crippen molar-refractivity contribution in [1.82, 2.24) is 4.72 Å². The highest BCUT2D eigenvalue weighted by Gasteiger charge is 2.34. The number of rotatable bonds is 5. The van der Waals surface area contributed by atoms with Crippen LogP contribution >= 0.6 is 24.0 Å². The van der Waals surface area contributed by atoms with Gasteiger partial charge in [-0.05, 0) is 30.9 Å². The van der Waals surface area contributed by atoms with Gasteiger partial charge in [-0.25, -0.2) is 17.5 Å². The molecule has 1 aromatic rings. The maximum Gasteiger partial charge on any atom is 0.245 e. The van der Waals surface area contributed by atoms with Crippen molar-refractivity contribution in [3.05, 3.63) is 29.0 Å². The van der Waals surface area contributed by atoms with Crippen LogP contribution in [0, 0.1) is 11.7 Å². The Morgan fingerprint density at radius 1 is 1.47 bits per heavy atom. The van der Waals surface area contributed by atoms with Gasteiger partial charge in [0.1, 0.15) is 10.7 Å². The van der Waals surface area contributed by atoms with Crippen LogP contribution in [0.5, 0.6) is 0 Å². The summed E-state index contributed by atoms with van der Waals surface area (Å²) in [5, 5.41) is -0.130. The van der Waals surface area contributed by atoms with Gasteiger partial charge in [-0.15, -0.1) is 12.4 Å². The lowest BCUT2D eigenvalue weighted by Gasteiger charge is -2.17. The van der Waals surface area contributed by atoms with Gasteiger partial charge in [-0.3, -0.25) is 0 Å². The Kier molecular flexibility index (Phi) is 5.58. The van der Waals surface area contributed by atoms with Gasteiger partial charge in [0.2, 0.25) is 10.0 Å². The molecular formula is C11H15Cl2FN2O2S. The molecule has 1 aliphatic rings. The van der Waals surface area contributed by atoms with Crippen LogP contribution in [0.2, 0.25) is 5.02 Å². The third-order valence-electron chi connectivity index (χ3n) is 2.94. The highest BCUT2D eigenvalue weighted by atomic mass is 35.5. The van der Waals surface area contributed by atoms with Crippen molar-refractivity contribution in [2.45, 2.75) is 23.8 Å². The van der Waals surface area contributed by atoms with Crippen LogP contribution < -0.4 is 10.5 Å². The molecular weight excluding hydrogens is 314 g/mol. The van der Waals surface area contributed by atoms with Gasteiger partial charge < -0.3 is 5.73 Å². The first-order valence-corrected chi connectivity index (χ1v) is 7.48. The van der Waals surface area contributed by atoms with Crippen molar-refractivity contribution in [2.24, 2.45) is 11.7 Å². The topological polar surface area (TPSA) is 72.2 Å². The summed E-state index contributed by atoms with van der Waals surface area (Å²) in [6, 6.07) is 3.41. The number of benzene rings is 1. The van der Waals surface area contributed by atoms with Gasteiger partial charge in [-0.1, -0.05) is 17.7 Å². The highest BCUT2D eigenvalue weighted by molar-refractivity contribution is 7.89. The first kappa shape index (κ1) is 16.7. The fourth-order valence-corrected chi connectivity index (χ4v) is 3.76. The zero-order valence-electron chi connectivity index (χ0n) is 9.97. The van der Waals surface area contributed by atoms with Gasteiger partial charge >= 0.3 is 0 Å². The summed E-state index contributed by atoms with van der Waals surface area (Å²) < 4.78 is 40.2. The molecule has 1 aliphatic carbocycles. The molecule has 0 saturated heterocycles. The van der Waals surface area contributed by atoms with Crippen molar-refractivity contribution in [3.63, 3.8) is 0 Å². The summed E-state index contributed by atoms with van der Waals surface area (Å²) in [7, 11) is -3.97. The van der Waals surface area contributed by atoms with E-state index in [1.54, 1.807) is 0 Å². The van der Waals surface area contributed by atoms with E-state index >= 15 is 0 Å². The largest absolute Gasteiger partial charge is 0.329 e. The van der Waals surface area contributed by atoms with E-state index in [9.17, 15) is 12.8 Å². The van der Waals surface area contributed by atoms with E-state index in [0.29, 0.717) is 0 Å². The van der Waals surface area contributed by atoms with Gasteiger partial charge in [0.05, 0.1) is 5.02 Å². The number of nitrogens with two attached hydrogens (primary N) is 1. The van der Waals surface area contributed by atoms with Gasteiger partial charge in [0, 0.05) is 12.6 Å². The van der Waals surface area contributed by atoms with E-state index in [-0.39, 0.29) is 35.9 Å². The van der Waals surface area contributed by atoms with Crippen molar-refractivity contribution >= 4 is 34.0 Å². The SMILES string of the molecule is Cl.NCC(NS(=O)(=O)c1c(F)cccc1Cl)C1CC1. The maximum atomic E-state index is 13.6. The zero-order chi connectivity index (χ0) is 13.3. The first-order valence-electron chi connectivity index (χ1n) is 5.62. The summed E-state index contributed by atoms with van der Waals surface area (Å²) in [5.74, 6) is -0.614. The zero-order valence-corrected chi connectivity index (χ0v) is 12.4. The lowest BCUT2D eigenvalue weighted by Crippen LogP contribution is -2.42. The van der Waals surface area contributed by atoms with Crippen molar-refractivity contribution in [2.75, 3.05) is 6.54 Å². The number of nitrogens with one attached hydrogen (secondary N) is 1. The molecule has 0 aromatic heterocycles. The molecule has 19 heavy (non-hydrogen) atoms. The van der Waals surface area contributed by atoms with Gasteiger partial charge in [0.25, 0.3) is 0 Å². The van der Waals surface area contributed by atoms with Crippen LogP contribution in [0.4, 0.5) is 4.39 Å². The first-order chi connectivity index (χ1) is 8.45. The van der Waals surface area contributed by atoms with E-state index < -0.39 is 20.7 Å². The predicted molar refractivity (Wildman–Crippen MR) is 74.5 cm³/mol. The Bertz CT molecular complexity index is 529. The van der Waals surface area contributed by atoms with Crippen LogP contribution in [0.1, 0.15) is 12.8 Å². The molecule has 108 valence electrons. The number of hydrogen-bond donors (Lipinski definition) is 2. The smallest absolute Gasteiger partial charge is 0.245 e. The molecule has 1 aromatic carbocycles. The molecule has 0 bridgehead atoms. The normalized spacial score (nSPS) is 16.8. The summed E-state index contributed by atoms with van der Waals surface area (Å²) in [5.41, 5.74) is 5.52. The summed E-state index contributed by atoms with van der Waals surface area (Å²) in [6.07, 6.45) is 1.88. The molecule has 3 N–H and O–H groups in total. The second-order valence-corrected chi connectivity index (χ2v) is 6.41. The van der Waals surface area contributed by atoms with E-state index in [0.717, 1.165) is 18.9 Å². The number of halogens is 3. The highest BCUT2D eigenvalue weighted by Crippen LogP contribution is 2.33. The Hall–Kier alpha value is -0.400. The Morgan fingerprint density at radius 3 is 2.58 bits per heavy atom. The minimum absolute atomic E-state index is 0. The fraction of sp³-hybridized carbons (Fsp3) is 0.455. The molecule has 0 heterocycles. The van der Waals surface area contributed by atoms with E-state index in [1.807, 2.05) is 0 Å². The Labute approximate surface area is 123 Å². The molecule has 2 rings (SSSR count). The van der Waals surface area contributed by atoms with Crippen LogP contribution in [0.15, 0.2) is 23.1 Å². The average molecular weight is 329 g/mol. The molecule has 0 aliphatic heterocycles. The standard InChI is InChI=1S/C11H14ClFN2O2S.ClH/c12-8-2-1-3-9(13)11(8)18(16,17)15-10(6-14)7-4-5-7;/h1-3,7,10,15H,4-6,14H2;1H. The number of hydrogen-bond acceptors (Lipinski definition) is 3. The summed E-state index contributed by atoms with van der Waals surface area (Å²) in [4.78, 5) is -0.509. The third-order valence-corrected chi connectivity index (χ3v) is 4.93. The monoisotopic (exact) mass is 328 g/mol. The third kappa shape index (κ3) is 3.79. The van der Waals surface area contributed by atoms with Crippen LogP contribution in [-0.4, -0.2) is 21.0 Å². The minimum atomic E-state index is -3.97. The van der Waals surface area contributed by atoms with Crippen molar-refractivity contribution in [3.8, 4) is 0 Å². The average Bonchev–Trinajstić information content (AvgIpc) is 3.09. The molecule has 4 nitrogen and oxygen atoms in total. The molecule has 1 unspecified atom stereocenters. The van der Waals surface area contributed by atoms with Gasteiger partial charge in [-0.2, -0.15) is 0 Å². The van der Waals surface area contributed by atoms with Crippen LogP contribution in [0.25, 0.3) is 0 Å². The van der Waals surface area contributed by atoms with Crippen LogP contribution in [0.3, 0.4) is 0 Å². The quantitative estimate of drug-likeness (QED) is 0.867. The maximum absolute atomic E-state index is 13.6. The second-order valence-electron chi connectivity index (χ2n) is 4.35. The molecule has 1 saturated carbocycles. The summed E-state index contributed by atoms with van der Waals surface area (Å²) in [6.45, 7) is 0.190. The molecule has 1 atom stereocenters. The second kappa shape index (κ2) is 6.37. The Balaban J connectivity index is 0.00000180. The molecule has 0 radical (unpaired) electrons. The molecule has 8 heteroatoms. The molecule has 0 amide bonds. The summed E-state index contributed by atoms with van der Waals surface area (Å²) >= 11 is 5.75. The van der Waals surface area contributed by atoms with Crippen LogP contribution in [-0.2, 0) is 10.0 Å². The molecule has 1 fully saturated rings. The van der Waals surface area contributed by atoms with E-state index in [2.05, 4.69) is 4.72 Å². The predicted octanol–water partition coefficient (Wildman–Crippen LogP) is 1.92. The van der Waals surface area contributed by atoms with E-state index in [4.69, 9.17) is 17.3 Å². The fourth-order valence-electron chi connectivity index (χ4n) is 1.83. The molecule has 0 spiro atoms.